The van der Waals surface area contributed by atoms with Gasteiger partial charge in [0.1, 0.15) is 16.3 Å². The maximum Gasteiger partial charge on any atom is 0.410 e. The molecule has 3 heterocycles. The smallest absolute Gasteiger partial charge is 0.410 e. The molecule has 0 bridgehead atoms. The molecular weight excluding hydrogens is 697 g/mol. The lowest BCUT2D eigenvalue weighted by Crippen LogP contribution is -2.39. The van der Waals surface area contributed by atoms with Crippen LogP contribution in [0.3, 0.4) is 0 Å². The van der Waals surface area contributed by atoms with Crippen molar-refractivity contribution in [2.75, 3.05) is 30.0 Å². The summed E-state index contributed by atoms with van der Waals surface area (Å²) >= 11 is 3.91. The van der Waals surface area contributed by atoms with Crippen LogP contribution in [0.1, 0.15) is 56.8 Å². The number of hydrogen-bond acceptors (Lipinski definition) is 10. The molecule has 0 spiro atoms. The zero-order chi connectivity index (χ0) is 35.8. The monoisotopic (exact) mass is 732 g/mol. The molecule has 2 aromatic carbocycles. The Bertz CT molecular complexity index is 1910. The number of anilines is 2. The maximum atomic E-state index is 13.4. The van der Waals surface area contributed by atoms with Crippen LogP contribution in [-0.2, 0) is 32.0 Å². The van der Waals surface area contributed by atoms with Crippen LogP contribution >= 0.6 is 34.4 Å². The second kappa shape index (κ2) is 16.2. The molecule has 0 fully saturated rings. The van der Waals surface area contributed by atoms with Gasteiger partial charge in [0.25, 0.3) is 11.8 Å². The van der Waals surface area contributed by atoms with Gasteiger partial charge in [-0.3, -0.25) is 14.4 Å². The molecule has 0 atom stereocenters. The first kappa shape index (κ1) is 36.4. The lowest BCUT2D eigenvalue weighted by molar-refractivity contribution is -0.114. The number of methoxy groups -OCH3 is 1. The van der Waals surface area contributed by atoms with E-state index in [0.29, 0.717) is 39.7 Å². The van der Waals surface area contributed by atoms with Crippen LogP contribution in [-0.4, -0.2) is 59.7 Å². The largest absolute Gasteiger partial charge is 0.465 e. The highest BCUT2D eigenvalue weighted by Crippen LogP contribution is 2.38. The van der Waals surface area contributed by atoms with Gasteiger partial charge in [0.2, 0.25) is 5.91 Å². The molecule has 0 radical (unpaired) electrons. The molecule has 14 heteroatoms. The minimum absolute atomic E-state index is 0.0152. The average molecular weight is 733 g/mol. The molecular formula is C36H36N4O7S3. The van der Waals surface area contributed by atoms with Gasteiger partial charge in [-0.15, -0.1) is 34.4 Å². The van der Waals surface area contributed by atoms with Gasteiger partial charge in [-0.2, -0.15) is 0 Å². The predicted octanol–water partition coefficient (Wildman–Crippen LogP) is 7.03. The molecule has 0 unspecified atom stereocenters. The molecule has 1 aliphatic rings. The van der Waals surface area contributed by atoms with Crippen molar-refractivity contribution in [1.29, 1.82) is 0 Å². The van der Waals surface area contributed by atoms with Crippen LogP contribution in [0.5, 0.6) is 0 Å². The highest BCUT2D eigenvalue weighted by Gasteiger charge is 2.32. The van der Waals surface area contributed by atoms with Crippen molar-refractivity contribution < 1.29 is 33.4 Å². The van der Waals surface area contributed by atoms with Crippen LogP contribution < -0.4 is 16.0 Å². The minimum Gasteiger partial charge on any atom is -0.465 e. The van der Waals surface area contributed by atoms with Crippen LogP contribution in [0.15, 0.2) is 82.7 Å². The van der Waals surface area contributed by atoms with Crippen LogP contribution in [0, 0.1) is 0 Å². The maximum absolute atomic E-state index is 13.4. The normalized spacial score (nSPS) is 12.8. The van der Waals surface area contributed by atoms with Crippen LogP contribution in [0.25, 0.3) is 6.08 Å². The second-order valence-electron chi connectivity index (χ2n) is 12.1. The molecule has 0 saturated carbocycles. The van der Waals surface area contributed by atoms with E-state index in [1.54, 1.807) is 80.3 Å². The van der Waals surface area contributed by atoms with Gasteiger partial charge >= 0.3 is 12.1 Å². The quantitative estimate of drug-likeness (QED) is 0.0897. The number of rotatable bonds is 10. The lowest BCUT2D eigenvalue weighted by atomic mass is 10.0. The Morgan fingerprint density at radius 3 is 2.46 bits per heavy atom. The molecule has 3 N–H and O–H groups in total. The zero-order valence-corrected chi connectivity index (χ0v) is 30.3. The van der Waals surface area contributed by atoms with Crippen LogP contribution in [0.2, 0.25) is 0 Å². The molecule has 50 heavy (non-hydrogen) atoms. The van der Waals surface area contributed by atoms with Crippen molar-refractivity contribution >= 4 is 81.0 Å². The number of thiophene rings is 2. The SMILES string of the molecule is COC(=O)c1c(NC(=O)CSc2cccc(NC(=O)/C(=C/c3cccs3)NC(=O)c3ccccc3)c2)sc2c1CCN(C(=O)OC(C)(C)C)C2. The van der Waals surface area contributed by atoms with Gasteiger partial charge in [0.05, 0.1) is 25.0 Å². The second-order valence-corrected chi connectivity index (χ2v) is 15.2. The van der Waals surface area contributed by atoms with Crippen LogP contribution in [0.4, 0.5) is 15.5 Å². The summed E-state index contributed by atoms with van der Waals surface area (Å²) in [6.07, 6.45) is 1.59. The average Bonchev–Trinajstić information content (AvgIpc) is 3.73. The molecule has 1 aliphatic heterocycles. The van der Waals surface area contributed by atoms with E-state index in [0.717, 1.165) is 15.3 Å². The van der Waals surface area contributed by atoms with Gasteiger partial charge in [0.15, 0.2) is 0 Å². The Morgan fingerprint density at radius 2 is 1.76 bits per heavy atom. The Balaban J connectivity index is 1.23. The van der Waals surface area contributed by atoms with Crippen molar-refractivity contribution in [2.45, 2.75) is 44.2 Å². The first-order chi connectivity index (χ1) is 23.9. The molecule has 0 saturated heterocycles. The van der Waals surface area contributed by atoms with E-state index < -0.39 is 29.5 Å². The summed E-state index contributed by atoms with van der Waals surface area (Å²) in [5, 5.41) is 10.7. The van der Waals surface area contributed by atoms with Gasteiger partial charge in [-0.1, -0.05) is 30.3 Å². The molecule has 5 rings (SSSR count). The number of carbonyl (C=O) groups excluding carboxylic acids is 5. The molecule has 11 nitrogen and oxygen atoms in total. The van der Waals surface area contributed by atoms with E-state index in [4.69, 9.17) is 9.47 Å². The first-order valence-electron chi connectivity index (χ1n) is 15.6. The first-order valence-corrected chi connectivity index (χ1v) is 18.2. The zero-order valence-electron chi connectivity index (χ0n) is 27.9. The molecule has 4 aromatic rings. The fraction of sp³-hybridized carbons (Fsp3) is 0.250. The predicted molar refractivity (Wildman–Crippen MR) is 197 cm³/mol. The number of carbonyl (C=O) groups is 5. The van der Waals surface area contributed by atoms with E-state index in [1.807, 2.05) is 23.6 Å². The molecule has 0 aliphatic carbocycles. The third-order valence-corrected chi connectivity index (χ3v) is 10.1. The number of benzene rings is 2. The number of ether oxygens (including phenoxy) is 2. The van der Waals surface area contributed by atoms with Crippen molar-refractivity contribution in [1.82, 2.24) is 10.2 Å². The van der Waals surface area contributed by atoms with Crippen molar-refractivity contribution in [3.8, 4) is 0 Å². The number of fused-ring (bicyclic) bond motifs is 1. The highest BCUT2D eigenvalue weighted by atomic mass is 32.2. The lowest BCUT2D eigenvalue weighted by Gasteiger charge is -2.30. The Hall–Kier alpha value is -4.92. The summed E-state index contributed by atoms with van der Waals surface area (Å²) < 4.78 is 10.5. The van der Waals surface area contributed by atoms with E-state index >= 15 is 0 Å². The van der Waals surface area contributed by atoms with Gasteiger partial charge in [0, 0.05) is 32.4 Å². The van der Waals surface area contributed by atoms with Gasteiger partial charge < -0.3 is 30.3 Å². The van der Waals surface area contributed by atoms with Crippen molar-refractivity contribution in [3.63, 3.8) is 0 Å². The topological polar surface area (TPSA) is 143 Å². The number of nitrogens with one attached hydrogen (secondary N) is 3. The Morgan fingerprint density at radius 1 is 0.980 bits per heavy atom. The summed E-state index contributed by atoms with van der Waals surface area (Å²) in [5.41, 5.74) is 1.37. The minimum atomic E-state index is -0.643. The third kappa shape index (κ3) is 9.61. The van der Waals surface area contributed by atoms with E-state index in [-0.39, 0.29) is 23.9 Å². The number of hydrogen-bond donors (Lipinski definition) is 3. The number of thioether (sulfide) groups is 1. The van der Waals surface area contributed by atoms with Gasteiger partial charge in [-0.05, 0) is 80.6 Å². The summed E-state index contributed by atoms with van der Waals surface area (Å²) in [6, 6.07) is 19.3. The third-order valence-electron chi connectivity index (χ3n) is 7.17. The number of esters is 1. The Labute approximate surface area is 302 Å². The fourth-order valence-electron chi connectivity index (χ4n) is 4.92. The number of nitrogens with zero attached hydrogens (tertiary/aromatic N) is 1. The number of amides is 4. The molecule has 260 valence electrons. The van der Waals surface area contributed by atoms with E-state index in [1.165, 1.54) is 41.5 Å². The molecule has 4 amide bonds. The summed E-state index contributed by atoms with van der Waals surface area (Å²) in [7, 11) is 1.29. The van der Waals surface area contributed by atoms with Crippen molar-refractivity contribution in [2.24, 2.45) is 0 Å². The summed E-state index contributed by atoms with van der Waals surface area (Å²) in [5.74, 6) is -1.82. The van der Waals surface area contributed by atoms with E-state index in [9.17, 15) is 24.0 Å². The molecule has 2 aromatic heterocycles. The van der Waals surface area contributed by atoms with Gasteiger partial charge in [-0.25, -0.2) is 9.59 Å². The Kier molecular flexibility index (Phi) is 11.8. The summed E-state index contributed by atoms with van der Waals surface area (Å²) in [4.78, 5) is 68.7. The standard InChI is InChI=1S/C36H36N4O7S3/c1-36(2,3)47-35(45)40-16-15-26-28(20-40)50-33(30(26)34(44)46-4)39-29(41)21-49-24-13-8-12-23(18-24)37-32(43)27(19-25-14-9-17-48-25)38-31(42)22-10-6-5-7-11-22/h5-14,17-19H,15-16,20-21H2,1-4H3,(H,37,43)(H,38,42)(H,39,41)/b27-19-. The summed E-state index contributed by atoms with van der Waals surface area (Å²) in [6.45, 7) is 6.02. The fourth-order valence-corrected chi connectivity index (χ4v) is 7.60. The van der Waals surface area contributed by atoms with Crippen molar-refractivity contribution in [3.05, 3.63) is 104 Å². The highest BCUT2D eigenvalue weighted by molar-refractivity contribution is 8.00. The van der Waals surface area contributed by atoms with E-state index in [2.05, 4.69) is 16.0 Å².